The number of nitrogens with one attached hydrogen (secondary N) is 1. The van der Waals surface area contributed by atoms with Crippen molar-refractivity contribution in [3.63, 3.8) is 0 Å². The van der Waals surface area contributed by atoms with Gasteiger partial charge in [0.05, 0.1) is 23.5 Å². The zero-order chi connectivity index (χ0) is 25.4. The number of ether oxygens (including phenoxy) is 1. The Labute approximate surface area is 205 Å². The molecule has 0 aliphatic carbocycles. The van der Waals surface area contributed by atoms with Gasteiger partial charge in [-0.25, -0.2) is 0 Å². The highest BCUT2D eigenvalue weighted by atomic mass is 19.4. The maximum atomic E-state index is 13.4. The summed E-state index contributed by atoms with van der Waals surface area (Å²) in [6, 6.07) is 2.73. The summed E-state index contributed by atoms with van der Waals surface area (Å²) in [4.78, 5) is 23.3. The molecular weight excluding hydrogens is 477 g/mol. The van der Waals surface area contributed by atoms with E-state index in [-0.39, 0.29) is 42.6 Å². The second-order valence-electron chi connectivity index (χ2n) is 9.33. The molecule has 12 heteroatoms. The number of furan rings is 1. The van der Waals surface area contributed by atoms with Crippen LogP contribution in [0.2, 0.25) is 0 Å². The van der Waals surface area contributed by atoms with Gasteiger partial charge in [0.25, 0.3) is 5.91 Å². The highest BCUT2D eigenvalue weighted by molar-refractivity contribution is 6.15. The molecule has 0 spiro atoms. The molecule has 0 unspecified atom stereocenters. The summed E-state index contributed by atoms with van der Waals surface area (Å²) in [6.45, 7) is 1.30. The summed E-state index contributed by atoms with van der Waals surface area (Å²) in [6.07, 6.45) is 1.77. The maximum absolute atomic E-state index is 13.4. The molecular formula is C24H27F3N6O3. The standard InChI is InChI=1S/C24H27F3N6O3/c25-24(26,27)15-8-16(28)12-33(11-15)18-1-4-30-10-17(18)32-23(34)20-21-19(36-22(20)29)7-14(9-31-21)13-2-5-35-6-3-13/h1,4,7,9-10,13,15-16H,2-3,5-6,8,11-12,28-29H2,(H,32,34)/t15-,16-/m1/s1. The number of aromatic nitrogens is 2. The van der Waals surface area contributed by atoms with Crippen LogP contribution in [0.25, 0.3) is 11.1 Å². The van der Waals surface area contributed by atoms with Gasteiger partial charge in [-0.3, -0.25) is 14.8 Å². The number of rotatable bonds is 4. The van der Waals surface area contributed by atoms with Crippen LogP contribution in [0.3, 0.4) is 0 Å². The Kier molecular flexibility index (Phi) is 6.47. The van der Waals surface area contributed by atoms with Crippen LogP contribution in [0, 0.1) is 5.92 Å². The monoisotopic (exact) mass is 504 g/mol. The van der Waals surface area contributed by atoms with Crippen molar-refractivity contribution in [3.05, 3.63) is 41.9 Å². The van der Waals surface area contributed by atoms with Crippen molar-refractivity contribution in [2.24, 2.45) is 11.7 Å². The predicted octanol–water partition coefficient (Wildman–Crippen LogP) is 3.67. The first-order chi connectivity index (χ1) is 17.2. The lowest BCUT2D eigenvalue weighted by atomic mass is 9.93. The van der Waals surface area contributed by atoms with Crippen LogP contribution in [0.4, 0.5) is 30.4 Å². The molecule has 2 aliphatic rings. The van der Waals surface area contributed by atoms with E-state index < -0.39 is 24.0 Å². The van der Waals surface area contributed by atoms with Crippen LogP contribution < -0.4 is 21.7 Å². The molecule has 5 rings (SSSR count). The van der Waals surface area contributed by atoms with E-state index in [9.17, 15) is 18.0 Å². The topological polar surface area (TPSA) is 133 Å². The Morgan fingerprint density at radius 3 is 2.72 bits per heavy atom. The van der Waals surface area contributed by atoms with E-state index in [0.29, 0.717) is 30.0 Å². The molecule has 1 amide bonds. The van der Waals surface area contributed by atoms with Gasteiger partial charge in [0.15, 0.2) is 5.58 Å². The Morgan fingerprint density at radius 2 is 1.97 bits per heavy atom. The van der Waals surface area contributed by atoms with E-state index in [1.165, 1.54) is 17.3 Å². The van der Waals surface area contributed by atoms with Crippen LogP contribution >= 0.6 is 0 Å². The van der Waals surface area contributed by atoms with Crippen LogP contribution in [-0.2, 0) is 4.74 Å². The Morgan fingerprint density at radius 1 is 1.19 bits per heavy atom. The van der Waals surface area contributed by atoms with Crippen LogP contribution in [-0.4, -0.2) is 54.4 Å². The lowest BCUT2D eigenvalue weighted by Gasteiger charge is -2.39. The van der Waals surface area contributed by atoms with E-state index in [1.54, 1.807) is 12.3 Å². The van der Waals surface area contributed by atoms with Gasteiger partial charge in [0, 0.05) is 44.7 Å². The minimum Gasteiger partial charge on any atom is -0.438 e. The van der Waals surface area contributed by atoms with Crippen LogP contribution in [0.1, 0.15) is 41.1 Å². The van der Waals surface area contributed by atoms with Crippen LogP contribution in [0.5, 0.6) is 0 Å². The molecule has 9 nitrogen and oxygen atoms in total. The number of nitrogens with zero attached hydrogens (tertiary/aromatic N) is 3. The number of hydrogen-bond donors (Lipinski definition) is 3. The predicted molar refractivity (Wildman–Crippen MR) is 128 cm³/mol. The molecule has 5 N–H and O–H groups in total. The minimum atomic E-state index is -4.37. The smallest absolute Gasteiger partial charge is 0.393 e. The highest BCUT2D eigenvalue weighted by Crippen LogP contribution is 2.37. The molecule has 0 radical (unpaired) electrons. The SMILES string of the molecule is Nc1oc2cc(C3CCOCC3)cnc2c1C(=O)Nc1cnccc1N1C[C@H](N)C[C@@H](C(F)(F)F)C1. The summed E-state index contributed by atoms with van der Waals surface area (Å²) in [5.74, 6) is -1.98. The number of nitrogen functional groups attached to an aromatic ring is 1. The number of amides is 1. The van der Waals surface area contributed by atoms with Crippen molar-refractivity contribution in [2.75, 3.05) is 42.3 Å². The first kappa shape index (κ1) is 24.3. The van der Waals surface area contributed by atoms with Gasteiger partial charge in [0.1, 0.15) is 11.1 Å². The van der Waals surface area contributed by atoms with Gasteiger partial charge >= 0.3 is 6.18 Å². The number of alkyl halides is 3. The van der Waals surface area contributed by atoms with Gasteiger partial charge in [-0.2, -0.15) is 13.2 Å². The van der Waals surface area contributed by atoms with E-state index in [1.807, 2.05) is 6.07 Å². The molecule has 0 bridgehead atoms. The fourth-order valence-electron chi connectivity index (χ4n) is 5.00. The van der Waals surface area contributed by atoms with E-state index >= 15 is 0 Å². The third kappa shape index (κ3) is 4.82. The number of hydrogen-bond acceptors (Lipinski definition) is 8. The number of fused-ring (bicyclic) bond motifs is 1. The van der Waals surface area contributed by atoms with Crippen molar-refractivity contribution in [3.8, 4) is 0 Å². The highest BCUT2D eigenvalue weighted by Gasteiger charge is 2.44. The molecule has 2 saturated heterocycles. The summed E-state index contributed by atoms with van der Waals surface area (Å²) < 4.78 is 51.4. The molecule has 36 heavy (non-hydrogen) atoms. The van der Waals surface area contributed by atoms with Gasteiger partial charge in [-0.05, 0) is 42.9 Å². The van der Waals surface area contributed by atoms with E-state index in [4.69, 9.17) is 20.6 Å². The molecule has 3 aromatic heterocycles. The summed E-state index contributed by atoms with van der Waals surface area (Å²) >= 11 is 0. The molecule has 2 atom stereocenters. The molecule has 0 aromatic carbocycles. The first-order valence-electron chi connectivity index (χ1n) is 11.8. The third-order valence-electron chi connectivity index (χ3n) is 6.83. The van der Waals surface area contributed by atoms with Crippen molar-refractivity contribution in [1.29, 1.82) is 0 Å². The lowest BCUT2D eigenvalue weighted by molar-refractivity contribution is -0.177. The van der Waals surface area contributed by atoms with Crippen molar-refractivity contribution < 1.29 is 27.1 Å². The third-order valence-corrected chi connectivity index (χ3v) is 6.83. The molecule has 192 valence electrons. The fourth-order valence-corrected chi connectivity index (χ4v) is 5.00. The number of halogens is 3. The van der Waals surface area contributed by atoms with Gasteiger partial charge < -0.3 is 30.8 Å². The number of carbonyl (C=O) groups is 1. The Bertz CT molecular complexity index is 1260. The second-order valence-corrected chi connectivity index (χ2v) is 9.33. The lowest BCUT2D eigenvalue weighted by Crippen LogP contribution is -2.51. The number of carbonyl (C=O) groups excluding carboxylic acids is 1. The first-order valence-corrected chi connectivity index (χ1v) is 11.8. The average Bonchev–Trinajstić information content (AvgIpc) is 3.19. The minimum absolute atomic E-state index is 0.0573. The van der Waals surface area contributed by atoms with Gasteiger partial charge in [-0.15, -0.1) is 0 Å². The molecule has 2 fully saturated rings. The fraction of sp³-hybridized carbons (Fsp3) is 0.458. The van der Waals surface area contributed by atoms with Crippen molar-refractivity contribution in [2.45, 2.75) is 37.4 Å². The molecule has 2 aliphatic heterocycles. The van der Waals surface area contributed by atoms with Gasteiger partial charge in [-0.1, -0.05) is 0 Å². The zero-order valence-corrected chi connectivity index (χ0v) is 19.4. The number of nitrogens with two attached hydrogens (primary N) is 2. The number of piperidine rings is 1. The van der Waals surface area contributed by atoms with Gasteiger partial charge in [0.2, 0.25) is 5.88 Å². The van der Waals surface area contributed by atoms with E-state index in [2.05, 4.69) is 15.3 Å². The molecule has 3 aromatic rings. The average molecular weight is 505 g/mol. The largest absolute Gasteiger partial charge is 0.438 e. The maximum Gasteiger partial charge on any atom is 0.393 e. The zero-order valence-electron chi connectivity index (χ0n) is 19.4. The summed E-state index contributed by atoms with van der Waals surface area (Å²) in [5.41, 5.74) is 14.4. The normalized spacial score (nSPS) is 21.6. The van der Waals surface area contributed by atoms with Crippen molar-refractivity contribution in [1.82, 2.24) is 9.97 Å². The quantitative estimate of drug-likeness (QED) is 0.490. The Balaban J connectivity index is 1.40. The molecule has 5 heterocycles. The van der Waals surface area contributed by atoms with E-state index in [0.717, 1.165) is 18.4 Å². The second kappa shape index (κ2) is 9.58. The van der Waals surface area contributed by atoms with Crippen molar-refractivity contribution >= 4 is 34.3 Å². The Hall–Kier alpha value is -3.38. The summed E-state index contributed by atoms with van der Waals surface area (Å²) in [7, 11) is 0. The number of anilines is 3. The number of pyridine rings is 2. The molecule has 0 saturated carbocycles. The summed E-state index contributed by atoms with van der Waals surface area (Å²) in [5, 5.41) is 2.73. The van der Waals surface area contributed by atoms with Crippen LogP contribution in [0.15, 0.2) is 35.1 Å².